The molecule has 0 aliphatic carbocycles. The second-order valence-corrected chi connectivity index (χ2v) is 3.45. The molecule has 1 aliphatic rings. The number of imide groups is 1. The first-order valence-corrected chi connectivity index (χ1v) is 4.38. The topological polar surface area (TPSA) is 63.4 Å². The smallest absolute Gasteiger partial charge is 0.326 e. The van der Waals surface area contributed by atoms with Gasteiger partial charge in [0.2, 0.25) is 5.91 Å². The number of halogens is 1. The molecule has 1 heterocycles. The number of hydrogen-bond acceptors (Lipinski definition) is 2. The molecule has 0 spiro atoms. The molecule has 14 heavy (non-hydrogen) atoms. The maximum absolute atomic E-state index is 11.4. The Balaban J connectivity index is 2.53. The van der Waals surface area contributed by atoms with Gasteiger partial charge in [0.15, 0.2) is 0 Å². The summed E-state index contributed by atoms with van der Waals surface area (Å²) in [6, 6.07) is 4.15. The van der Waals surface area contributed by atoms with Gasteiger partial charge in [0, 0.05) is 5.02 Å². The fourth-order valence-corrected chi connectivity index (χ4v) is 1.73. The van der Waals surface area contributed by atoms with Gasteiger partial charge in [0.05, 0.1) is 12.1 Å². The Morgan fingerprint density at radius 3 is 2.93 bits per heavy atom. The minimum Gasteiger partial charge on any atom is -0.351 e. The molecule has 1 aromatic carbocycles. The summed E-state index contributed by atoms with van der Waals surface area (Å²) >= 11 is 5.75. The minimum absolute atomic E-state index is 0.179. The van der Waals surface area contributed by atoms with Gasteiger partial charge in [-0.3, -0.25) is 4.79 Å². The first-order valence-electron chi connectivity index (χ1n) is 4.00. The third kappa shape index (κ3) is 1.24. The minimum atomic E-state index is -0.754. The number of nitrogens with two attached hydrogens (primary N) is 1. The van der Waals surface area contributed by atoms with E-state index in [1.807, 2.05) is 0 Å². The highest BCUT2D eigenvalue weighted by molar-refractivity contribution is 6.31. The van der Waals surface area contributed by atoms with Crippen molar-refractivity contribution in [3.05, 3.63) is 28.8 Å². The second kappa shape index (κ2) is 2.99. The second-order valence-electron chi connectivity index (χ2n) is 3.02. The third-order valence-corrected chi connectivity index (χ3v) is 2.33. The Kier molecular flexibility index (Phi) is 1.93. The number of amides is 3. The van der Waals surface area contributed by atoms with Gasteiger partial charge < -0.3 is 5.73 Å². The van der Waals surface area contributed by atoms with Crippen LogP contribution >= 0.6 is 11.6 Å². The Hall–Kier alpha value is -1.55. The lowest BCUT2D eigenvalue weighted by molar-refractivity contribution is -0.116. The van der Waals surface area contributed by atoms with Crippen molar-refractivity contribution in [1.82, 2.24) is 0 Å². The van der Waals surface area contributed by atoms with Crippen LogP contribution < -0.4 is 10.6 Å². The lowest BCUT2D eigenvalue weighted by Crippen LogP contribution is -2.38. The van der Waals surface area contributed by atoms with Crippen molar-refractivity contribution in [2.24, 2.45) is 5.73 Å². The van der Waals surface area contributed by atoms with Crippen molar-refractivity contribution in [3.8, 4) is 0 Å². The van der Waals surface area contributed by atoms with Crippen molar-refractivity contribution in [2.45, 2.75) is 6.42 Å². The molecule has 3 amide bonds. The number of benzene rings is 1. The van der Waals surface area contributed by atoms with Crippen LogP contribution in [0.25, 0.3) is 0 Å². The molecule has 0 saturated carbocycles. The van der Waals surface area contributed by atoms with Crippen LogP contribution in [-0.2, 0) is 11.2 Å². The van der Waals surface area contributed by atoms with Crippen LogP contribution in [0, 0.1) is 0 Å². The van der Waals surface area contributed by atoms with Crippen molar-refractivity contribution >= 4 is 29.2 Å². The first-order chi connectivity index (χ1) is 6.59. The summed E-state index contributed by atoms with van der Waals surface area (Å²) in [6.45, 7) is 0. The van der Waals surface area contributed by atoms with E-state index in [1.165, 1.54) is 0 Å². The fourth-order valence-electron chi connectivity index (χ4n) is 1.53. The highest BCUT2D eigenvalue weighted by Gasteiger charge is 2.30. The van der Waals surface area contributed by atoms with Gasteiger partial charge in [0.1, 0.15) is 0 Å². The number of fused-ring (bicyclic) bond motifs is 1. The summed E-state index contributed by atoms with van der Waals surface area (Å²) in [5.74, 6) is -0.310. The molecule has 0 bridgehead atoms. The Morgan fingerprint density at radius 2 is 2.29 bits per heavy atom. The molecule has 0 atom stereocenters. The van der Waals surface area contributed by atoms with Gasteiger partial charge in [-0.15, -0.1) is 0 Å². The van der Waals surface area contributed by atoms with Crippen LogP contribution in [0.15, 0.2) is 18.2 Å². The van der Waals surface area contributed by atoms with E-state index in [4.69, 9.17) is 17.3 Å². The van der Waals surface area contributed by atoms with Crippen molar-refractivity contribution in [2.75, 3.05) is 4.90 Å². The SMILES string of the molecule is NC(=O)N1C(=O)C[14c]2[14cH][14c](Cl)[14cH][14cH][14c]21. The summed E-state index contributed by atoms with van der Waals surface area (Å²) < 4.78 is 0. The number of carbonyl (C=O) groups is 2. The van der Waals surface area contributed by atoms with Crippen molar-refractivity contribution in [3.63, 3.8) is 0 Å². The van der Waals surface area contributed by atoms with Gasteiger partial charge in [-0.1, -0.05) is 11.6 Å². The average molecular weight is 223 g/mol. The standard InChI is InChI=1S/C9H7ClN2O2/c10-6-1-2-7-5(3-6)4-8(13)12(7)9(11)14/h1-3H,4H2,(H2,11,14)/i1+2,2+2,3+2,5+2,6+2,7+2. The molecule has 1 aliphatic heterocycles. The molecule has 5 heteroatoms. The number of hydrogen-bond donors (Lipinski definition) is 1. The van der Waals surface area contributed by atoms with E-state index in [9.17, 15) is 9.59 Å². The summed E-state index contributed by atoms with van der Waals surface area (Å²) in [4.78, 5) is 23.3. The highest BCUT2D eigenvalue weighted by Crippen LogP contribution is 2.30. The van der Waals surface area contributed by atoms with Crippen LogP contribution in [0.1, 0.15) is 5.56 Å². The summed E-state index contributed by atoms with van der Waals surface area (Å²) in [6.07, 6.45) is 0.179. The highest BCUT2D eigenvalue weighted by atomic mass is 35.5. The molecule has 0 aromatic heterocycles. The van der Waals surface area contributed by atoms with Crippen LogP contribution in [-0.4, -0.2) is 11.9 Å². The van der Waals surface area contributed by atoms with E-state index >= 15 is 0 Å². The Labute approximate surface area is 85.2 Å². The van der Waals surface area contributed by atoms with E-state index in [0.29, 0.717) is 10.7 Å². The Bertz CT molecular complexity index is 431. The average Bonchev–Trinajstić information content (AvgIpc) is 2.39. The number of nitrogens with zero attached hydrogens (tertiary/aromatic N) is 1. The predicted octanol–water partition coefficient (Wildman–Crippen LogP) is 1.31. The van der Waals surface area contributed by atoms with Crippen LogP contribution in [0.5, 0.6) is 0 Å². The van der Waals surface area contributed by atoms with Gasteiger partial charge >= 0.3 is 6.03 Å². The van der Waals surface area contributed by atoms with E-state index in [1.54, 1.807) is 18.2 Å². The molecule has 0 unspecified atom stereocenters. The zero-order valence-electron chi connectivity index (χ0n) is 7.16. The summed E-state index contributed by atoms with van der Waals surface area (Å²) in [5, 5.41) is 0.544. The van der Waals surface area contributed by atoms with E-state index in [-0.39, 0.29) is 12.3 Å². The molecule has 0 fully saturated rings. The van der Waals surface area contributed by atoms with E-state index in [0.717, 1.165) is 10.5 Å². The zero-order chi connectivity index (χ0) is 10.3. The fraction of sp³-hybridized carbons (Fsp3) is 0.111. The third-order valence-electron chi connectivity index (χ3n) is 2.09. The Morgan fingerprint density at radius 1 is 1.57 bits per heavy atom. The molecule has 1 aromatic rings. The molecular formula is C9H7ClN2O2. The normalized spacial score (nSPS) is 14.4. The molecule has 72 valence electrons. The lowest BCUT2D eigenvalue weighted by atomic mass is 10.6. The van der Waals surface area contributed by atoms with Gasteiger partial charge in [-0.25, -0.2) is 9.69 Å². The molecule has 2 N–H and O–H groups in total. The van der Waals surface area contributed by atoms with E-state index < -0.39 is 6.03 Å². The molecule has 0 radical (unpaired) electrons. The number of urea groups is 1. The van der Waals surface area contributed by atoms with Crippen LogP contribution in [0.3, 0.4) is 0 Å². The molecule has 4 nitrogen and oxygen atoms in total. The maximum atomic E-state index is 11.4. The van der Waals surface area contributed by atoms with Gasteiger partial charge in [-0.05, 0) is 23.8 Å². The van der Waals surface area contributed by atoms with Crippen molar-refractivity contribution in [1.29, 1.82) is 0 Å². The predicted molar refractivity (Wildman–Crippen MR) is 52.2 cm³/mol. The zero-order valence-corrected chi connectivity index (χ0v) is 7.91. The number of primary amides is 1. The summed E-state index contributed by atoms with van der Waals surface area (Å²) in [5.41, 5.74) is 6.35. The molecule has 2 rings (SSSR count). The summed E-state index contributed by atoms with van der Waals surface area (Å²) in [7, 11) is 0. The number of anilines is 1. The lowest BCUT2D eigenvalue weighted by Gasteiger charge is -2.11. The first kappa shape index (κ1) is 9.02. The number of carbonyl (C=O) groups excluding carboxylic acids is 2. The van der Waals surface area contributed by atoms with Crippen molar-refractivity contribution < 1.29 is 9.59 Å². The van der Waals surface area contributed by atoms with Crippen LogP contribution in [0.2, 0.25) is 5.02 Å². The molecule has 0 saturated heterocycles. The number of rotatable bonds is 0. The van der Waals surface area contributed by atoms with Crippen LogP contribution in [0.4, 0.5) is 10.5 Å². The van der Waals surface area contributed by atoms with Gasteiger partial charge in [0.25, 0.3) is 0 Å². The molecular weight excluding hydrogens is 216 g/mol. The quantitative estimate of drug-likeness (QED) is 0.719. The van der Waals surface area contributed by atoms with Gasteiger partial charge in [-0.2, -0.15) is 0 Å². The largest absolute Gasteiger partial charge is 0.351 e. The maximum Gasteiger partial charge on any atom is 0.326 e. The van der Waals surface area contributed by atoms with E-state index in [2.05, 4.69) is 0 Å². The monoisotopic (exact) mass is 222 g/mol.